The van der Waals surface area contributed by atoms with Gasteiger partial charge in [0.2, 0.25) is 5.78 Å². The van der Waals surface area contributed by atoms with Gasteiger partial charge in [0.05, 0.1) is 19.9 Å². The number of para-hydroxylation sites is 1. The Morgan fingerprint density at radius 1 is 1.16 bits per heavy atom. The Balaban J connectivity index is 2.08. The number of methoxy groups -OCH3 is 2. The first-order valence-corrected chi connectivity index (χ1v) is 11.2. The first kappa shape index (κ1) is 21.5. The molecule has 0 bridgehead atoms. The third-order valence-electron chi connectivity index (χ3n) is 5.57. The zero-order valence-electron chi connectivity index (χ0n) is 17.9. The van der Waals surface area contributed by atoms with Gasteiger partial charge in [-0.05, 0) is 12.1 Å². The molecule has 4 rings (SSSR count). The Morgan fingerprint density at radius 2 is 1.97 bits per heavy atom. The molecule has 10 nitrogen and oxygen atoms in total. The molecule has 0 radical (unpaired) electrons. The minimum atomic E-state index is -3.83. The van der Waals surface area contributed by atoms with E-state index in [1.165, 1.54) is 22.7 Å². The van der Waals surface area contributed by atoms with Crippen LogP contribution >= 0.6 is 0 Å². The second-order valence-electron chi connectivity index (χ2n) is 7.39. The van der Waals surface area contributed by atoms with Gasteiger partial charge in [0, 0.05) is 57.9 Å². The van der Waals surface area contributed by atoms with Crippen molar-refractivity contribution in [1.29, 1.82) is 0 Å². The van der Waals surface area contributed by atoms with Crippen LogP contribution in [-0.4, -0.2) is 79.3 Å². The standard InChI is InChI=1S/C20H26N6O4S/c1-24(2)31(27,28)26-13-9-21-14-20(26,15-6-5-7-16(29-3)18(15)30-4)17-8-11-25-12-10-22-19(25)23-17/h5-8,10-12,21H,9,13-14H2,1-4H3. The van der Waals surface area contributed by atoms with E-state index in [9.17, 15) is 8.42 Å². The fraction of sp³-hybridized carbons (Fsp3) is 0.400. The smallest absolute Gasteiger partial charge is 0.282 e. The number of imidazole rings is 1. The Bertz CT molecular complexity index is 1200. The lowest BCUT2D eigenvalue weighted by atomic mass is 9.83. The number of hydrogen-bond donors (Lipinski definition) is 1. The Kier molecular flexibility index (Phi) is 5.60. The largest absolute Gasteiger partial charge is 0.493 e. The molecule has 1 unspecified atom stereocenters. The maximum Gasteiger partial charge on any atom is 0.282 e. The molecule has 3 aromatic rings. The number of aromatic nitrogens is 3. The molecule has 0 aliphatic carbocycles. The fourth-order valence-corrected chi connectivity index (χ4v) is 5.44. The van der Waals surface area contributed by atoms with Crippen molar-refractivity contribution in [2.45, 2.75) is 5.54 Å². The monoisotopic (exact) mass is 446 g/mol. The van der Waals surface area contributed by atoms with Crippen LogP contribution in [0.3, 0.4) is 0 Å². The van der Waals surface area contributed by atoms with Crippen molar-refractivity contribution in [2.75, 3.05) is 47.9 Å². The van der Waals surface area contributed by atoms with Gasteiger partial charge in [-0.3, -0.25) is 4.40 Å². The molecule has 11 heteroatoms. The summed E-state index contributed by atoms with van der Waals surface area (Å²) in [6, 6.07) is 7.27. The van der Waals surface area contributed by atoms with Gasteiger partial charge in [0.25, 0.3) is 10.2 Å². The summed E-state index contributed by atoms with van der Waals surface area (Å²) in [7, 11) is 2.32. The first-order valence-electron chi connectivity index (χ1n) is 9.79. The van der Waals surface area contributed by atoms with Gasteiger partial charge in [-0.1, -0.05) is 12.1 Å². The summed E-state index contributed by atoms with van der Waals surface area (Å²) in [4.78, 5) is 9.05. The van der Waals surface area contributed by atoms with Crippen LogP contribution in [0.15, 0.2) is 42.9 Å². The first-order chi connectivity index (χ1) is 14.9. The highest BCUT2D eigenvalue weighted by Crippen LogP contribution is 2.45. The number of hydrogen-bond acceptors (Lipinski definition) is 7. The third-order valence-corrected chi connectivity index (χ3v) is 7.55. The van der Waals surface area contributed by atoms with E-state index in [0.717, 1.165) is 0 Å². The number of ether oxygens (including phenoxy) is 2. The zero-order valence-corrected chi connectivity index (χ0v) is 18.8. The van der Waals surface area contributed by atoms with Crippen LogP contribution in [0.2, 0.25) is 0 Å². The lowest BCUT2D eigenvalue weighted by Gasteiger charge is -2.47. The SMILES string of the molecule is COc1cccc(C2(c3ccn4ccnc4n3)CNCCN2S(=O)(=O)N(C)C)c1OC. The van der Waals surface area contributed by atoms with Crippen molar-refractivity contribution >= 4 is 16.0 Å². The molecule has 2 aromatic heterocycles. The van der Waals surface area contributed by atoms with Gasteiger partial charge in [-0.25, -0.2) is 9.97 Å². The summed E-state index contributed by atoms with van der Waals surface area (Å²) in [6.45, 7) is 1.06. The van der Waals surface area contributed by atoms with E-state index in [1.807, 2.05) is 24.4 Å². The van der Waals surface area contributed by atoms with Crippen molar-refractivity contribution in [2.24, 2.45) is 0 Å². The molecule has 0 amide bonds. The maximum atomic E-state index is 13.5. The Labute approximate surface area is 181 Å². The van der Waals surface area contributed by atoms with Crippen LogP contribution < -0.4 is 14.8 Å². The number of nitrogens with one attached hydrogen (secondary N) is 1. The number of rotatable bonds is 6. The van der Waals surface area contributed by atoms with E-state index in [2.05, 4.69) is 10.3 Å². The summed E-state index contributed by atoms with van der Waals surface area (Å²) >= 11 is 0. The highest BCUT2D eigenvalue weighted by Gasteiger charge is 2.51. The minimum Gasteiger partial charge on any atom is -0.493 e. The molecule has 1 fully saturated rings. The number of benzene rings is 1. The second-order valence-corrected chi connectivity index (χ2v) is 9.45. The van der Waals surface area contributed by atoms with Crippen molar-refractivity contribution in [3.63, 3.8) is 0 Å². The second kappa shape index (κ2) is 8.08. The van der Waals surface area contributed by atoms with E-state index in [1.54, 1.807) is 37.1 Å². The predicted molar refractivity (Wildman–Crippen MR) is 115 cm³/mol. The molecule has 1 aromatic carbocycles. The maximum absolute atomic E-state index is 13.5. The van der Waals surface area contributed by atoms with Gasteiger partial charge < -0.3 is 14.8 Å². The van der Waals surface area contributed by atoms with E-state index in [-0.39, 0.29) is 6.54 Å². The summed E-state index contributed by atoms with van der Waals surface area (Å²) in [6.07, 6.45) is 5.27. The molecule has 1 aliphatic heterocycles. The highest BCUT2D eigenvalue weighted by atomic mass is 32.2. The summed E-state index contributed by atoms with van der Waals surface area (Å²) in [5.74, 6) is 1.44. The molecular weight excluding hydrogens is 420 g/mol. The molecule has 31 heavy (non-hydrogen) atoms. The van der Waals surface area contributed by atoms with E-state index >= 15 is 0 Å². The van der Waals surface area contributed by atoms with E-state index in [4.69, 9.17) is 14.5 Å². The molecule has 1 aliphatic rings. The average Bonchev–Trinajstić information content (AvgIpc) is 3.26. The molecule has 166 valence electrons. The molecule has 1 N–H and O–H groups in total. The predicted octanol–water partition coefficient (Wildman–Crippen LogP) is 0.702. The van der Waals surface area contributed by atoms with Crippen LogP contribution in [0.4, 0.5) is 0 Å². The van der Waals surface area contributed by atoms with Gasteiger partial charge in [0.1, 0.15) is 5.54 Å². The quantitative estimate of drug-likeness (QED) is 0.595. The van der Waals surface area contributed by atoms with Gasteiger partial charge in [0.15, 0.2) is 11.5 Å². The topological polar surface area (TPSA) is 101 Å². The van der Waals surface area contributed by atoms with Crippen molar-refractivity contribution in [3.8, 4) is 11.5 Å². The Morgan fingerprint density at radius 3 is 2.68 bits per heavy atom. The Hall–Kier alpha value is -2.73. The van der Waals surface area contributed by atoms with E-state index < -0.39 is 15.7 Å². The number of nitrogens with zero attached hydrogens (tertiary/aromatic N) is 5. The number of piperazine rings is 1. The van der Waals surface area contributed by atoms with Crippen molar-refractivity contribution in [1.82, 2.24) is 28.3 Å². The summed E-state index contributed by atoms with van der Waals surface area (Å²) in [5, 5.41) is 3.36. The van der Waals surface area contributed by atoms with Crippen LogP contribution in [0, 0.1) is 0 Å². The van der Waals surface area contributed by atoms with Gasteiger partial charge in [-0.15, -0.1) is 0 Å². The lowest BCUT2D eigenvalue weighted by molar-refractivity contribution is 0.169. The normalized spacial score (nSPS) is 20.3. The zero-order chi connectivity index (χ0) is 22.2. The summed E-state index contributed by atoms with van der Waals surface area (Å²) < 4.78 is 42.8. The fourth-order valence-electron chi connectivity index (χ4n) is 4.07. The molecule has 0 saturated carbocycles. The average molecular weight is 447 g/mol. The summed E-state index contributed by atoms with van der Waals surface area (Å²) in [5.41, 5.74) is -0.0136. The van der Waals surface area contributed by atoms with Crippen molar-refractivity contribution < 1.29 is 17.9 Å². The van der Waals surface area contributed by atoms with Crippen LogP contribution in [0.1, 0.15) is 11.3 Å². The highest BCUT2D eigenvalue weighted by molar-refractivity contribution is 7.86. The molecular formula is C20H26N6O4S. The van der Waals surface area contributed by atoms with Gasteiger partial charge >= 0.3 is 0 Å². The number of fused-ring (bicyclic) bond motifs is 1. The molecule has 1 saturated heterocycles. The molecule has 0 spiro atoms. The minimum absolute atomic E-state index is 0.252. The van der Waals surface area contributed by atoms with E-state index in [0.29, 0.717) is 41.6 Å². The van der Waals surface area contributed by atoms with Gasteiger partial charge in [-0.2, -0.15) is 17.0 Å². The van der Waals surface area contributed by atoms with Crippen LogP contribution in [-0.2, 0) is 15.7 Å². The van der Waals surface area contributed by atoms with Crippen LogP contribution in [0.5, 0.6) is 11.5 Å². The van der Waals surface area contributed by atoms with Crippen LogP contribution in [0.25, 0.3) is 5.78 Å². The third kappa shape index (κ3) is 3.33. The lowest BCUT2D eigenvalue weighted by Crippen LogP contribution is -2.63. The molecule has 3 heterocycles. The van der Waals surface area contributed by atoms with Crippen molar-refractivity contribution in [3.05, 3.63) is 54.1 Å². The molecule has 1 atom stereocenters.